The van der Waals surface area contributed by atoms with Gasteiger partial charge in [0.1, 0.15) is 0 Å². The fourth-order valence-corrected chi connectivity index (χ4v) is 0.371. The lowest BCUT2D eigenvalue weighted by atomic mass is 10.5. The lowest BCUT2D eigenvalue weighted by Crippen LogP contribution is -2.25. The van der Waals surface area contributed by atoms with Crippen molar-refractivity contribution in [2.75, 3.05) is 0 Å². The minimum Gasteiger partial charge on any atom is -0.710 e. The van der Waals surface area contributed by atoms with Crippen LogP contribution < -0.4 is 4.73 Å². The van der Waals surface area contributed by atoms with Crippen molar-refractivity contribution in [1.82, 2.24) is 4.98 Å². The van der Waals surface area contributed by atoms with Crippen LogP contribution in [-0.2, 0) is 0 Å². The molecular weight excluding hydrogens is 104 g/mol. The lowest BCUT2D eigenvalue weighted by Gasteiger charge is -1.92. The van der Waals surface area contributed by atoms with E-state index >= 15 is 0 Å². The highest BCUT2D eigenvalue weighted by Gasteiger charge is 1.88. The third-order valence-electron chi connectivity index (χ3n) is 0.767. The van der Waals surface area contributed by atoms with Crippen LogP contribution in [0, 0.1) is 18.3 Å². The molecule has 1 radical (unpaired) electrons. The molecule has 1 heterocycles. The Bertz CT molecular complexity index is 149. The van der Waals surface area contributed by atoms with Crippen LogP contribution in [-0.4, -0.2) is 4.98 Å². The molecule has 1 aromatic heterocycles. The monoisotopic (exact) mass is 109 g/mol. The molecule has 41 valence electrons. The average Bonchev–Trinajstić information content (AvgIpc) is 1.77. The summed E-state index contributed by atoms with van der Waals surface area (Å²) < 4.78 is 0.535. The van der Waals surface area contributed by atoms with E-state index in [2.05, 4.69) is 11.2 Å². The second-order valence-corrected chi connectivity index (χ2v) is 1.49. The minimum atomic E-state index is 0.535. The molecule has 0 atom stereocenters. The Morgan fingerprint density at radius 1 is 1.88 bits per heavy atom. The van der Waals surface area contributed by atoms with E-state index in [0.29, 0.717) is 4.73 Å². The van der Waals surface area contributed by atoms with E-state index in [1.54, 1.807) is 6.92 Å². The van der Waals surface area contributed by atoms with E-state index in [0.717, 1.165) is 5.69 Å². The maximum Gasteiger partial charge on any atom is 0.289 e. The van der Waals surface area contributed by atoms with Gasteiger partial charge in [0.15, 0.2) is 11.9 Å². The van der Waals surface area contributed by atoms with Crippen LogP contribution in [0.3, 0.4) is 0 Å². The van der Waals surface area contributed by atoms with E-state index in [1.807, 2.05) is 0 Å². The van der Waals surface area contributed by atoms with Crippen molar-refractivity contribution in [3.8, 4) is 0 Å². The molecule has 0 fully saturated rings. The van der Waals surface area contributed by atoms with Gasteiger partial charge in [-0.2, -0.15) is 0 Å². The minimum absolute atomic E-state index is 0.535. The second-order valence-electron chi connectivity index (χ2n) is 1.49. The normalized spacial score (nSPS) is 9.12. The highest BCUT2D eigenvalue weighted by Crippen LogP contribution is 1.80. The molecule has 0 saturated carbocycles. The first-order valence-electron chi connectivity index (χ1n) is 2.22. The van der Waals surface area contributed by atoms with Crippen LogP contribution in [0.1, 0.15) is 5.69 Å². The number of hydrogen-bond donors (Lipinski definition) is 0. The summed E-state index contributed by atoms with van der Waals surface area (Å²) in [5.74, 6) is 0. The van der Waals surface area contributed by atoms with Crippen molar-refractivity contribution in [3.05, 3.63) is 29.5 Å². The Morgan fingerprint density at radius 2 is 2.62 bits per heavy atom. The molecule has 3 nitrogen and oxygen atoms in total. The van der Waals surface area contributed by atoms with Crippen molar-refractivity contribution >= 4 is 0 Å². The summed E-state index contributed by atoms with van der Waals surface area (Å²) in [6.07, 6.45) is 3.57. The van der Waals surface area contributed by atoms with E-state index in [1.165, 1.54) is 12.4 Å². The first kappa shape index (κ1) is 5.03. The van der Waals surface area contributed by atoms with Gasteiger partial charge in [0.25, 0.3) is 6.33 Å². The highest BCUT2D eigenvalue weighted by atomic mass is 16.5. The summed E-state index contributed by atoms with van der Waals surface area (Å²) in [5.41, 5.74) is 0.803. The molecule has 1 rings (SSSR count). The first-order valence-corrected chi connectivity index (χ1v) is 2.22. The van der Waals surface area contributed by atoms with E-state index in [9.17, 15) is 5.21 Å². The maximum absolute atomic E-state index is 10.2. The Morgan fingerprint density at radius 3 is 3.00 bits per heavy atom. The van der Waals surface area contributed by atoms with Gasteiger partial charge in [-0.05, 0) is 0 Å². The van der Waals surface area contributed by atoms with E-state index in [-0.39, 0.29) is 0 Å². The molecule has 0 spiro atoms. The summed E-state index contributed by atoms with van der Waals surface area (Å²) >= 11 is 0. The Balaban J connectivity index is 3.03. The van der Waals surface area contributed by atoms with Crippen molar-refractivity contribution in [2.45, 2.75) is 6.92 Å². The lowest BCUT2D eigenvalue weighted by molar-refractivity contribution is -0.613. The van der Waals surface area contributed by atoms with Gasteiger partial charge in [0.2, 0.25) is 0 Å². The zero-order valence-electron chi connectivity index (χ0n) is 4.46. The van der Waals surface area contributed by atoms with E-state index in [4.69, 9.17) is 0 Å². The molecule has 0 saturated heterocycles. The number of hydrogen-bond acceptors (Lipinski definition) is 2. The first-order chi connectivity index (χ1) is 3.79. The Labute approximate surface area is 47.2 Å². The molecule has 1 aromatic rings. The summed E-state index contributed by atoms with van der Waals surface area (Å²) in [7, 11) is 0. The Kier molecular flexibility index (Phi) is 1.12. The van der Waals surface area contributed by atoms with Crippen molar-refractivity contribution < 1.29 is 4.73 Å². The molecular formula is C5H5N2O. The quantitative estimate of drug-likeness (QED) is 0.342. The summed E-state index contributed by atoms with van der Waals surface area (Å²) in [6.45, 7) is 1.80. The van der Waals surface area contributed by atoms with Gasteiger partial charge in [-0.3, -0.25) is 0 Å². The van der Waals surface area contributed by atoms with Crippen LogP contribution in [0.25, 0.3) is 0 Å². The third-order valence-corrected chi connectivity index (χ3v) is 0.767. The van der Waals surface area contributed by atoms with E-state index < -0.39 is 0 Å². The van der Waals surface area contributed by atoms with Crippen molar-refractivity contribution in [2.24, 2.45) is 0 Å². The molecule has 0 aliphatic heterocycles. The fraction of sp³-hybridized carbons (Fsp3) is 0.200. The number of rotatable bonds is 0. The molecule has 0 unspecified atom stereocenters. The zero-order chi connectivity index (χ0) is 5.98. The molecule has 8 heavy (non-hydrogen) atoms. The third kappa shape index (κ3) is 0.932. The fourth-order valence-electron chi connectivity index (χ4n) is 0.371. The van der Waals surface area contributed by atoms with Crippen LogP contribution >= 0.6 is 0 Å². The SMILES string of the molecule is Cc1c[c][n+]([O-])cn1. The van der Waals surface area contributed by atoms with Gasteiger partial charge in [0, 0.05) is 13.0 Å². The smallest absolute Gasteiger partial charge is 0.289 e. The van der Waals surface area contributed by atoms with Gasteiger partial charge in [-0.1, -0.05) is 4.98 Å². The topological polar surface area (TPSA) is 39.8 Å². The predicted octanol–water partition coefficient (Wildman–Crippen LogP) is -0.176. The molecule has 0 amide bonds. The molecule has 0 aliphatic rings. The Hall–Kier alpha value is -1.12. The van der Waals surface area contributed by atoms with Gasteiger partial charge >= 0.3 is 0 Å². The van der Waals surface area contributed by atoms with Crippen LogP contribution in [0.15, 0.2) is 12.4 Å². The maximum atomic E-state index is 10.2. The zero-order valence-corrected chi connectivity index (χ0v) is 4.46. The predicted molar refractivity (Wildman–Crippen MR) is 26.8 cm³/mol. The molecule has 0 aromatic carbocycles. The number of nitrogens with zero attached hydrogens (tertiary/aromatic N) is 2. The highest BCUT2D eigenvalue weighted by molar-refractivity contribution is 4.88. The molecule has 0 aliphatic carbocycles. The summed E-state index contributed by atoms with van der Waals surface area (Å²) in [5, 5.41) is 10.2. The summed E-state index contributed by atoms with van der Waals surface area (Å²) in [4.78, 5) is 3.70. The van der Waals surface area contributed by atoms with Gasteiger partial charge < -0.3 is 5.21 Å². The van der Waals surface area contributed by atoms with Crippen LogP contribution in [0.4, 0.5) is 0 Å². The molecule has 3 heteroatoms. The molecule has 0 bridgehead atoms. The van der Waals surface area contributed by atoms with Crippen LogP contribution in [0.5, 0.6) is 0 Å². The van der Waals surface area contributed by atoms with Gasteiger partial charge in [0.05, 0.1) is 0 Å². The van der Waals surface area contributed by atoms with Gasteiger partial charge in [-0.25, -0.2) is 4.73 Å². The van der Waals surface area contributed by atoms with Crippen molar-refractivity contribution in [1.29, 1.82) is 0 Å². The second kappa shape index (κ2) is 1.78. The number of aromatic nitrogens is 2. The van der Waals surface area contributed by atoms with Crippen molar-refractivity contribution in [3.63, 3.8) is 0 Å². The number of aryl methyl sites for hydroxylation is 1. The standard InChI is InChI=1S/C5H5N2O/c1-5-2-3-7(8)4-6-5/h2,4H,1H3. The summed E-state index contributed by atoms with van der Waals surface area (Å²) in [6, 6.07) is 1.53. The van der Waals surface area contributed by atoms with Crippen LogP contribution in [0.2, 0.25) is 0 Å². The average molecular weight is 109 g/mol. The molecule has 0 N–H and O–H groups in total. The largest absolute Gasteiger partial charge is 0.710 e. The van der Waals surface area contributed by atoms with Gasteiger partial charge in [-0.15, -0.1) is 0 Å².